The summed E-state index contributed by atoms with van der Waals surface area (Å²) in [5, 5.41) is 3.00. The predicted molar refractivity (Wildman–Crippen MR) is 105 cm³/mol. The van der Waals surface area contributed by atoms with Gasteiger partial charge in [0.15, 0.2) is 11.5 Å². The van der Waals surface area contributed by atoms with Crippen molar-refractivity contribution in [2.75, 3.05) is 39.7 Å². The Balaban J connectivity index is 1.87. The van der Waals surface area contributed by atoms with E-state index in [2.05, 4.69) is 5.32 Å². The van der Waals surface area contributed by atoms with Crippen molar-refractivity contribution in [2.45, 2.75) is 20.3 Å². The van der Waals surface area contributed by atoms with Crippen LogP contribution in [0.1, 0.15) is 16.7 Å². The van der Waals surface area contributed by atoms with Crippen molar-refractivity contribution in [3.8, 4) is 11.5 Å². The lowest BCUT2D eigenvalue weighted by Crippen LogP contribution is -2.31. The smallest absolute Gasteiger partial charge is 0.238 e. The summed E-state index contributed by atoms with van der Waals surface area (Å²) in [4.78, 5) is 14.3. The second-order valence-corrected chi connectivity index (χ2v) is 6.47. The van der Waals surface area contributed by atoms with Crippen LogP contribution in [0.25, 0.3) is 0 Å². The summed E-state index contributed by atoms with van der Waals surface area (Å²) in [6, 6.07) is 11.8. The molecule has 0 unspecified atom stereocenters. The number of hydrogen-bond donors (Lipinski definition) is 1. The fourth-order valence-corrected chi connectivity index (χ4v) is 2.76. The highest BCUT2D eigenvalue weighted by Crippen LogP contribution is 2.27. The van der Waals surface area contributed by atoms with Gasteiger partial charge < -0.3 is 14.8 Å². The van der Waals surface area contributed by atoms with Gasteiger partial charge in [0, 0.05) is 12.2 Å². The zero-order chi connectivity index (χ0) is 19.1. The SMILES string of the molecule is COc1ccc(CCN(C)CC(=O)Nc2cccc(C)c2C)cc1OC. The zero-order valence-electron chi connectivity index (χ0n) is 16.3. The summed E-state index contributed by atoms with van der Waals surface area (Å²) in [5.74, 6) is 1.44. The van der Waals surface area contributed by atoms with Crippen molar-refractivity contribution < 1.29 is 14.3 Å². The zero-order valence-corrected chi connectivity index (χ0v) is 16.3. The lowest BCUT2D eigenvalue weighted by atomic mass is 10.1. The summed E-state index contributed by atoms with van der Waals surface area (Å²) in [7, 11) is 5.20. The molecule has 0 aliphatic carbocycles. The molecule has 2 aromatic rings. The molecule has 0 saturated heterocycles. The first kappa shape index (κ1) is 19.8. The maximum atomic E-state index is 12.3. The van der Waals surface area contributed by atoms with Gasteiger partial charge in [-0.15, -0.1) is 0 Å². The highest BCUT2D eigenvalue weighted by molar-refractivity contribution is 5.93. The van der Waals surface area contributed by atoms with Gasteiger partial charge in [-0.05, 0) is 62.2 Å². The molecular weight excluding hydrogens is 328 g/mol. The van der Waals surface area contributed by atoms with E-state index in [1.54, 1.807) is 14.2 Å². The fourth-order valence-electron chi connectivity index (χ4n) is 2.76. The fraction of sp³-hybridized carbons (Fsp3) is 0.381. The summed E-state index contributed by atoms with van der Waals surface area (Å²) in [5.41, 5.74) is 4.30. The number of likely N-dealkylation sites (N-methyl/N-ethyl adjacent to an activating group) is 1. The van der Waals surface area contributed by atoms with Gasteiger partial charge in [-0.25, -0.2) is 0 Å². The van der Waals surface area contributed by atoms with Crippen LogP contribution in [0.3, 0.4) is 0 Å². The lowest BCUT2D eigenvalue weighted by Gasteiger charge is -2.18. The highest BCUT2D eigenvalue weighted by atomic mass is 16.5. The van der Waals surface area contributed by atoms with Crippen LogP contribution in [-0.4, -0.2) is 45.2 Å². The Bertz CT molecular complexity index is 759. The minimum Gasteiger partial charge on any atom is -0.493 e. The molecule has 0 spiro atoms. The van der Waals surface area contributed by atoms with E-state index in [1.165, 1.54) is 5.56 Å². The summed E-state index contributed by atoms with van der Waals surface area (Å²) >= 11 is 0. The number of nitrogens with zero attached hydrogens (tertiary/aromatic N) is 1. The maximum Gasteiger partial charge on any atom is 0.238 e. The van der Waals surface area contributed by atoms with Gasteiger partial charge in [0.25, 0.3) is 0 Å². The molecule has 2 rings (SSSR count). The van der Waals surface area contributed by atoms with E-state index >= 15 is 0 Å². The number of methoxy groups -OCH3 is 2. The summed E-state index contributed by atoms with van der Waals surface area (Å²) < 4.78 is 10.6. The second kappa shape index (κ2) is 9.25. The predicted octanol–water partition coefficient (Wildman–Crippen LogP) is 3.43. The standard InChI is InChI=1S/C21H28N2O3/c1-15-7-6-8-18(16(15)2)22-21(24)14-23(3)12-11-17-9-10-19(25-4)20(13-17)26-5/h6-10,13H,11-12,14H2,1-5H3,(H,22,24). The van der Waals surface area contributed by atoms with Gasteiger partial charge in [-0.2, -0.15) is 0 Å². The maximum absolute atomic E-state index is 12.3. The highest BCUT2D eigenvalue weighted by Gasteiger charge is 2.10. The molecule has 5 nitrogen and oxygen atoms in total. The Hall–Kier alpha value is -2.53. The van der Waals surface area contributed by atoms with Crippen LogP contribution >= 0.6 is 0 Å². The first-order chi connectivity index (χ1) is 12.4. The average Bonchev–Trinajstić information content (AvgIpc) is 2.63. The van der Waals surface area contributed by atoms with Gasteiger partial charge in [0.1, 0.15) is 0 Å². The quantitative estimate of drug-likeness (QED) is 0.787. The second-order valence-electron chi connectivity index (χ2n) is 6.47. The number of carbonyl (C=O) groups is 1. The Kier molecular flexibility index (Phi) is 7.04. The molecule has 0 saturated carbocycles. The molecule has 0 atom stereocenters. The number of carbonyl (C=O) groups excluding carboxylic acids is 1. The molecule has 26 heavy (non-hydrogen) atoms. The first-order valence-corrected chi connectivity index (χ1v) is 8.70. The molecule has 140 valence electrons. The number of nitrogens with one attached hydrogen (secondary N) is 1. The Morgan fingerprint density at radius 1 is 1.08 bits per heavy atom. The number of anilines is 1. The van der Waals surface area contributed by atoms with Gasteiger partial charge >= 0.3 is 0 Å². The van der Waals surface area contributed by atoms with E-state index < -0.39 is 0 Å². The number of aryl methyl sites for hydroxylation is 1. The van der Waals surface area contributed by atoms with Crippen LogP contribution in [0.2, 0.25) is 0 Å². The number of hydrogen-bond acceptors (Lipinski definition) is 4. The molecule has 0 aliphatic rings. The van der Waals surface area contributed by atoms with Crippen LogP contribution in [0.4, 0.5) is 5.69 Å². The summed E-state index contributed by atoms with van der Waals surface area (Å²) in [6.45, 7) is 5.18. The van der Waals surface area contributed by atoms with Gasteiger partial charge in [0.05, 0.1) is 20.8 Å². The monoisotopic (exact) mass is 356 g/mol. The van der Waals surface area contributed by atoms with Crippen LogP contribution in [0, 0.1) is 13.8 Å². The third-order valence-corrected chi connectivity index (χ3v) is 4.52. The minimum atomic E-state index is -0.00601. The van der Waals surface area contributed by atoms with Crippen molar-refractivity contribution in [3.05, 3.63) is 53.1 Å². The van der Waals surface area contributed by atoms with Gasteiger partial charge in [-0.3, -0.25) is 9.69 Å². The van der Waals surface area contributed by atoms with E-state index in [0.717, 1.165) is 41.3 Å². The minimum absolute atomic E-state index is 0.00601. The average molecular weight is 356 g/mol. The molecule has 5 heteroatoms. The van der Waals surface area contributed by atoms with Crippen LogP contribution < -0.4 is 14.8 Å². The van der Waals surface area contributed by atoms with Gasteiger partial charge in [-0.1, -0.05) is 18.2 Å². The Morgan fingerprint density at radius 2 is 1.81 bits per heavy atom. The van der Waals surface area contributed by atoms with Crippen LogP contribution in [0.5, 0.6) is 11.5 Å². The molecule has 0 heterocycles. The molecule has 0 radical (unpaired) electrons. The molecule has 0 fully saturated rings. The number of rotatable bonds is 8. The first-order valence-electron chi connectivity index (χ1n) is 8.70. The number of benzene rings is 2. The van der Waals surface area contributed by atoms with Crippen molar-refractivity contribution in [1.82, 2.24) is 4.90 Å². The van der Waals surface area contributed by atoms with E-state index in [9.17, 15) is 4.79 Å². The van der Waals surface area contributed by atoms with Gasteiger partial charge in [0.2, 0.25) is 5.91 Å². The summed E-state index contributed by atoms with van der Waals surface area (Å²) in [6.07, 6.45) is 0.827. The topological polar surface area (TPSA) is 50.8 Å². The van der Waals surface area contributed by atoms with E-state index in [-0.39, 0.29) is 5.91 Å². The molecule has 0 aliphatic heterocycles. The van der Waals surface area contributed by atoms with Crippen molar-refractivity contribution in [1.29, 1.82) is 0 Å². The van der Waals surface area contributed by atoms with Crippen molar-refractivity contribution in [2.24, 2.45) is 0 Å². The number of amides is 1. The molecule has 0 bridgehead atoms. The van der Waals surface area contributed by atoms with Crippen molar-refractivity contribution >= 4 is 11.6 Å². The lowest BCUT2D eigenvalue weighted by molar-refractivity contribution is -0.117. The third kappa shape index (κ3) is 5.23. The Labute approximate surface area is 155 Å². The molecule has 2 aromatic carbocycles. The van der Waals surface area contributed by atoms with E-state index in [4.69, 9.17) is 9.47 Å². The van der Waals surface area contributed by atoms with Crippen LogP contribution in [-0.2, 0) is 11.2 Å². The molecular formula is C21H28N2O3. The van der Waals surface area contributed by atoms with Crippen molar-refractivity contribution in [3.63, 3.8) is 0 Å². The third-order valence-electron chi connectivity index (χ3n) is 4.52. The Morgan fingerprint density at radius 3 is 2.50 bits per heavy atom. The van der Waals surface area contributed by atoms with E-state index in [0.29, 0.717) is 6.54 Å². The molecule has 0 aromatic heterocycles. The number of ether oxygens (including phenoxy) is 2. The van der Waals surface area contributed by atoms with E-state index in [1.807, 2.05) is 62.2 Å². The largest absolute Gasteiger partial charge is 0.493 e. The normalized spacial score (nSPS) is 10.7. The van der Waals surface area contributed by atoms with Crippen LogP contribution in [0.15, 0.2) is 36.4 Å². The molecule has 1 amide bonds. The molecule has 1 N–H and O–H groups in total.